The Morgan fingerprint density at radius 2 is 2.21 bits per heavy atom. The van der Waals surface area contributed by atoms with Gasteiger partial charge < -0.3 is 4.74 Å². The Morgan fingerprint density at radius 3 is 2.64 bits per heavy atom. The zero-order valence-electron chi connectivity index (χ0n) is 7.13. The SMILES string of the molecule is COC(=O)c1cc(F)c(C(F)F)cn1. The van der Waals surface area contributed by atoms with Gasteiger partial charge in [0.1, 0.15) is 5.82 Å². The van der Waals surface area contributed by atoms with E-state index in [1.807, 2.05) is 0 Å². The van der Waals surface area contributed by atoms with Crippen LogP contribution in [-0.2, 0) is 4.74 Å². The fourth-order valence-electron chi connectivity index (χ4n) is 0.818. The third kappa shape index (κ3) is 2.01. The van der Waals surface area contributed by atoms with E-state index in [9.17, 15) is 18.0 Å². The van der Waals surface area contributed by atoms with Gasteiger partial charge in [0.05, 0.1) is 12.7 Å². The minimum Gasteiger partial charge on any atom is -0.464 e. The molecule has 1 heterocycles. The van der Waals surface area contributed by atoms with Crippen molar-refractivity contribution in [3.63, 3.8) is 0 Å². The fourth-order valence-corrected chi connectivity index (χ4v) is 0.818. The summed E-state index contributed by atoms with van der Waals surface area (Å²) in [4.78, 5) is 14.1. The monoisotopic (exact) mass is 205 g/mol. The van der Waals surface area contributed by atoms with Crippen LogP contribution in [-0.4, -0.2) is 18.1 Å². The van der Waals surface area contributed by atoms with Crippen LogP contribution in [0.3, 0.4) is 0 Å². The summed E-state index contributed by atoms with van der Waals surface area (Å²) in [6.45, 7) is 0. The minimum absolute atomic E-state index is 0.339. The lowest BCUT2D eigenvalue weighted by molar-refractivity contribution is 0.0592. The Morgan fingerprint density at radius 1 is 1.57 bits per heavy atom. The van der Waals surface area contributed by atoms with E-state index in [-0.39, 0.29) is 5.69 Å². The summed E-state index contributed by atoms with van der Waals surface area (Å²) < 4.78 is 41.2. The molecule has 0 bridgehead atoms. The fraction of sp³-hybridized carbons (Fsp3) is 0.250. The molecule has 14 heavy (non-hydrogen) atoms. The highest BCUT2D eigenvalue weighted by Gasteiger charge is 2.17. The average Bonchev–Trinajstić information content (AvgIpc) is 2.15. The van der Waals surface area contributed by atoms with Crippen molar-refractivity contribution < 1.29 is 22.7 Å². The third-order valence-electron chi connectivity index (χ3n) is 1.51. The van der Waals surface area contributed by atoms with Crippen molar-refractivity contribution in [2.24, 2.45) is 0 Å². The van der Waals surface area contributed by atoms with Crippen molar-refractivity contribution in [1.29, 1.82) is 0 Å². The molecule has 0 atom stereocenters. The largest absolute Gasteiger partial charge is 0.464 e. The standard InChI is InChI=1S/C8H6F3NO2/c1-14-8(13)6-2-5(9)4(3-12-6)7(10)11/h2-3,7H,1H3. The first-order valence-electron chi connectivity index (χ1n) is 3.58. The van der Waals surface area contributed by atoms with E-state index in [2.05, 4.69) is 9.72 Å². The van der Waals surface area contributed by atoms with Crippen molar-refractivity contribution in [3.05, 3.63) is 29.3 Å². The molecule has 0 aliphatic heterocycles. The normalized spacial score (nSPS) is 10.4. The second-order valence-corrected chi connectivity index (χ2v) is 2.38. The molecule has 0 fully saturated rings. The van der Waals surface area contributed by atoms with E-state index in [1.165, 1.54) is 0 Å². The van der Waals surface area contributed by atoms with Gasteiger partial charge in [0.25, 0.3) is 6.43 Å². The molecule has 1 rings (SSSR count). The van der Waals surface area contributed by atoms with Crippen LogP contribution >= 0.6 is 0 Å². The maximum Gasteiger partial charge on any atom is 0.356 e. The van der Waals surface area contributed by atoms with E-state index in [0.717, 1.165) is 7.11 Å². The number of halogens is 3. The maximum atomic E-state index is 12.9. The van der Waals surface area contributed by atoms with Gasteiger partial charge in [-0.25, -0.2) is 22.9 Å². The highest BCUT2D eigenvalue weighted by atomic mass is 19.3. The zero-order valence-corrected chi connectivity index (χ0v) is 7.13. The number of esters is 1. The molecular formula is C8H6F3NO2. The van der Waals surface area contributed by atoms with Crippen molar-refractivity contribution >= 4 is 5.97 Å². The second kappa shape index (κ2) is 4.08. The van der Waals surface area contributed by atoms with Gasteiger partial charge in [-0.3, -0.25) is 0 Å². The lowest BCUT2D eigenvalue weighted by Gasteiger charge is -2.02. The lowest BCUT2D eigenvalue weighted by Crippen LogP contribution is -2.06. The molecule has 0 aliphatic rings. The summed E-state index contributed by atoms with van der Waals surface area (Å²) in [6, 6.07) is 0.618. The van der Waals surface area contributed by atoms with Gasteiger partial charge in [0, 0.05) is 12.3 Å². The Hall–Kier alpha value is -1.59. The molecule has 0 aromatic carbocycles. The molecule has 1 aromatic heterocycles. The number of alkyl halides is 2. The van der Waals surface area contributed by atoms with Crippen LogP contribution in [0.15, 0.2) is 12.3 Å². The van der Waals surface area contributed by atoms with Crippen LogP contribution in [0.25, 0.3) is 0 Å². The van der Waals surface area contributed by atoms with Gasteiger partial charge >= 0.3 is 5.97 Å². The lowest BCUT2D eigenvalue weighted by atomic mass is 10.2. The molecule has 0 unspecified atom stereocenters. The minimum atomic E-state index is -2.95. The van der Waals surface area contributed by atoms with Crippen molar-refractivity contribution in [2.45, 2.75) is 6.43 Å². The molecule has 3 nitrogen and oxygen atoms in total. The highest BCUT2D eigenvalue weighted by Crippen LogP contribution is 2.21. The molecule has 0 saturated heterocycles. The number of carbonyl (C=O) groups is 1. The Balaban J connectivity index is 3.06. The van der Waals surface area contributed by atoms with E-state index < -0.39 is 23.8 Å². The number of methoxy groups -OCH3 is 1. The third-order valence-corrected chi connectivity index (χ3v) is 1.51. The topological polar surface area (TPSA) is 39.2 Å². The van der Waals surface area contributed by atoms with Crippen LogP contribution in [0.2, 0.25) is 0 Å². The zero-order chi connectivity index (χ0) is 10.7. The Kier molecular flexibility index (Phi) is 3.06. The number of rotatable bonds is 2. The quantitative estimate of drug-likeness (QED) is 0.692. The van der Waals surface area contributed by atoms with Crippen LogP contribution in [0.5, 0.6) is 0 Å². The van der Waals surface area contributed by atoms with Gasteiger partial charge in [-0.05, 0) is 0 Å². The van der Waals surface area contributed by atoms with Crippen LogP contribution < -0.4 is 0 Å². The summed E-state index contributed by atoms with van der Waals surface area (Å²) in [5, 5.41) is 0. The molecule has 0 saturated carbocycles. The summed E-state index contributed by atoms with van der Waals surface area (Å²) >= 11 is 0. The number of pyridine rings is 1. The molecule has 76 valence electrons. The first-order valence-corrected chi connectivity index (χ1v) is 3.58. The molecule has 0 N–H and O–H groups in total. The maximum absolute atomic E-state index is 12.9. The molecule has 0 radical (unpaired) electrons. The van der Waals surface area contributed by atoms with Gasteiger partial charge in [0.2, 0.25) is 0 Å². The molecule has 1 aromatic rings. The van der Waals surface area contributed by atoms with E-state index in [4.69, 9.17) is 0 Å². The summed E-state index contributed by atoms with van der Waals surface area (Å²) in [5.41, 5.74) is -1.17. The predicted molar refractivity (Wildman–Crippen MR) is 40.5 cm³/mol. The van der Waals surface area contributed by atoms with Gasteiger partial charge in [-0.2, -0.15) is 0 Å². The van der Waals surface area contributed by atoms with E-state index >= 15 is 0 Å². The first-order chi connectivity index (χ1) is 6.56. The van der Waals surface area contributed by atoms with E-state index in [0.29, 0.717) is 12.3 Å². The molecule has 0 spiro atoms. The van der Waals surface area contributed by atoms with Crippen molar-refractivity contribution in [2.75, 3.05) is 7.11 Å². The number of aromatic nitrogens is 1. The number of hydrogen-bond acceptors (Lipinski definition) is 3. The predicted octanol–water partition coefficient (Wildman–Crippen LogP) is 1.94. The summed E-state index contributed by atoms with van der Waals surface area (Å²) in [6.07, 6.45) is -2.33. The number of ether oxygens (including phenoxy) is 1. The molecule has 0 aliphatic carbocycles. The first kappa shape index (κ1) is 10.5. The number of hydrogen-bond donors (Lipinski definition) is 0. The second-order valence-electron chi connectivity index (χ2n) is 2.38. The van der Waals surface area contributed by atoms with Crippen molar-refractivity contribution in [3.8, 4) is 0 Å². The van der Waals surface area contributed by atoms with Gasteiger partial charge in [-0.1, -0.05) is 0 Å². The molecule has 0 amide bonds. The van der Waals surface area contributed by atoms with Crippen LogP contribution in [0.1, 0.15) is 22.5 Å². The van der Waals surface area contributed by atoms with Crippen LogP contribution in [0, 0.1) is 5.82 Å². The molecule has 6 heteroatoms. The van der Waals surface area contributed by atoms with Crippen LogP contribution in [0.4, 0.5) is 13.2 Å². The Labute approximate surface area is 77.5 Å². The highest BCUT2D eigenvalue weighted by molar-refractivity contribution is 5.87. The smallest absolute Gasteiger partial charge is 0.356 e. The van der Waals surface area contributed by atoms with Crippen molar-refractivity contribution in [1.82, 2.24) is 4.98 Å². The molecular weight excluding hydrogens is 199 g/mol. The number of carbonyl (C=O) groups excluding carboxylic acids is 1. The van der Waals surface area contributed by atoms with E-state index in [1.54, 1.807) is 0 Å². The Bertz CT molecular complexity index is 354. The van der Waals surface area contributed by atoms with Gasteiger partial charge in [0.15, 0.2) is 5.69 Å². The summed E-state index contributed by atoms with van der Waals surface area (Å²) in [5.74, 6) is -2.04. The van der Waals surface area contributed by atoms with Gasteiger partial charge in [-0.15, -0.1) is 0 Å². The number of nitrogens with zero attached hydrogens (tertiary/aromatic N) is 1. The average molecular weight is 205 g/mol. The summed E-state index contributed by atoms with van der Waals surface area (Å²) in [7, 11) is 1.09.